The normalized spacial score (nSPS) is 10.8. The Kier molecular flexibility index (Phi) is 3.97. The molecule has 0 bridgehead atoms. The number of hydrogen-bond donors (Lipinski definition) is 1. The number of fused-ring (bicyclic) bond motifs is 1. The molecular formula is C15H14N4O2S. The molecule has 0 aliphatic rings. The zero-order valence-corrected chi connectivity index (χ0v) is 12.8. The van der Waals surface area contributed by atoms with Crippen LogP contribution in [0.25, 0.3) is 10.8 Å². The third-order valence-electron chi connectivity index (χ3n) is 3.17. The van der Waals surface area contributed by atoms with E-state index in [9.17, 15) is 9.59 Å². The third kappa shape index (κ3) is 2.62. The molecule has 0 spiro atoms. The number of rotatable bonds is 4. The lowest BCUT2D eigenvalue weighted by atomic mass is 10.1. The number of carbonyl (C=O) groups is 1. The van der Waals surface area contributed by atoms with Gasteiger partial charge in [-0.15, -0.1) is 11.3 Å². The van der Waals surface area contributed by atoms with Crippen LogP contribution in [0.5, 0.6) is 0 Å². The lowest BCUT2D eigenvalue weighted by molar-refractivity contribution is 0.102. The number of nitrogens with zero attached hydrogens (tertiary/aromatic N) is 3. The molecule has 1 amide bonds. The monoisotopic (exact) mass is 314 g/mol. The second-order valence-corrected chi connectivity index (χ2v) is 5.61. The van der Waals surface area contributed by atoms with Gasteiger partial charge in [-0.3, -0.25) is 14.9 Å². The van der Waals surface area contributed by atoms with Gasteiger partial charge in [-0.05, 0) is 12.5 Å². The second-order valence-electron chi connectivity index (χ2n) is 4.71. The lowest BCUT2D eigenvalue weighted by Gasteiger charge is -2.09. The maximum atomic E-state index is 12.5. The average Bonchev–Trinajstić information content (AvgIpc) is 3.03. The van der Waals surface area contributed by atoms with Crippen LogP contribution in [0.15, 0.2) is 40.6 Å². The van der Waals surface area contributed by atoms with E-state index in [1.165, 1.54) is 16.0 Å². The number of anilines is 1. The molecule has 0 unspecified atom stereocenters. The Morgan fingerprint density at radius 2 is 2.09 bits per heavy atom. The molecule has 2 heterocycles. The van der Waals surface area contributed by atoms with Crippen LogP contribution in [-0.2, 0) is 6.54 Å². The van der Waals surface area contributed by atoms with E-state index in [0.29, 0.717) is 22.4 Å². The predicted octanol–water partition coefficient (Wildman–Crippen LogP) is 2.52. The van der Waals surface area contributed by atoms with E-state index >= 15 is 0 Å². The van der Waals surface area contributed by atoms with E-state index in [0.717, 1.165) is 6.42 Å². The van der Waals surface area contributed by atoms with Crippen molar-refractivity contribution in [3.8, 4) is 0 Å². The van der Waals surface area contributed by atoms with Crippen LogP contribution in [-0.4, -0.2) is 20.7 Å². The van der Waals surface area contributed by atoms with Gasteiger partial charge in [0, 0.05) is 23.5 Å². The van der Waals surface area contributed by atoms with Crippen LogP contribution in [0.4, 0.5) is 5.13 Å². The number of nitrogens with one attached hydrogen (secondary N) is 1. The lowest BCUT2D eigenvalue weighted by Crippen LogP contribution is -2.27. The third-order valence-corrected chi connectivity index (χ3v) is 3.86. The minimum absolute atomic E-state index is 0.178. The van der Waals surface area contributed by atoms with Gasteiger partial charge in [-0.2, -0.15) is 5.10 Å². The summed E-state index contributed by atoms with van der Waals surface area (Å²) < 4.78 is 1.35. The van der Waals surface area contributed by atoms with Gasteiger partial charge in [0.25, 0.3) is 11.5 Å². The number of benzene rings is 1. The van der Waals surface area contributed by atoms with E-state index in [4.69, 9.17) is 0 Å². The van der Waals surface area contributed by atoms with Crippen LogP contribution >= 0.6 is 11.3 Å². The predicted molar refractivity (Wildman–Crippen MR) is 86.4 cm³/mol. The van der Waals surface area contributed by atoms with Crippen LogP contribution in [0, 0.1) is 0 Å². The van der Waals surface area contributed by atoms with Crippen LogP contribution in [0.1, 0.15) is 23.8 Å². The van der Waals surface area contributed by atoms with Gasteiger partial charge in [0.2, 0.25) is 0 Å². The van der Waals surface area contributed by atoms with Crippen molar-refractivity contribution in [2.45, 2.75) is 19.9 Å². The highest BCUT2D eigenvalue weighted by Gasteiger charge is 2.17. The first kappa shape index (κ1) is 14.4. The quantitative estimate of drug-likeness (QED) is 0.802. The summed E-state index contributed by atoms with van der Waals surface area (Å²) in [4.78, 5) is 28.9. The van der Waals surface area contributed by atoms with E-state index in [-0.39, 0.29) is 17.2 Å². The molecule has 0 saturated carbocycles. The topological polar surface area (TPSA) is 76.9 Å². The van der Waals surface area contributed by atoms with Crippen LogP contribution < -0.4 is 10.9 Å². The zero-order chi connectivity index (χ0) is 15.5. The Hall–Kier alpha value is -2.54. The molecule has 6 nitrogen and oxygen atoms in total. The van der Waals surface area contributed by atoms with Crippen molar-refractivity contribution in [2.75, 3.05) is 5.32 Å². The molecule has 22 heavy (non-hydrogen) atoms. The fraction of sp³-hybridized carbons (Fsp3) is 0.200. The fourth-order valence-electron chi connectivity index (χ4n) is 2.21. The largest absolute Gasteiger partial charge is 0.296 e. The summed E-state index contributed by atoms with van der Waals surface area (Å²) in [6.45, 7) is 2.43. The summed E-state index contributed by atoms with van der Waals surface area (Å²) in [5.74, 6) is -0.365. The van der Waals surface area contributed by atoms with E-state index in [1.807, 2.05) is 6.92 Å². The first-order valence-corrected chi connectivity index (χ1v) is 7.79. The molecule has 2 aromatic heterocycles. The highest BCUT2D eigenvalue weighted by molar-refractivity contribution is 7.13. The number of aromatic nitrogens is 3. The van der Waals surface area contributed by atoms with Gasteiger partial charge in [-0.25, -0.2) is 9.67 Å². The molecule has 0 atom stereocenters. The van der Waals surface area contributed by atoms with Crippen molar-refractivity contribution in [1.29, 1.82) is 0 Å². The number of hydrogen-bond acceptors (Lipinski definition) is 5. The number of aryl methyl sites for hydroxylation is 1. The molecule has 7 heteroatoms. The molecule has 0 aliphatic carbocycles. The average molecular weight is 314 g/mol. The summed E-state index contributed by atoms with van der Waals surface area (Å²) in [5, 5.41) is 10.3. The van der Waals surface area contributed by atoms with Gasteiger partial charge in [0.15, 0.2) is 10.8 Å². The minimum atomic E-state index is -0.365. The second kappa shape index (κ2) is 6.07. The Labute approximate surface area is 130 Å². The molecule has 1 N–H and O–H groups in total. The molecular weight excluding hydrogens is 300 g/mol. The smallest absolute Gasteiger partial charge is 0.278 e. The standard InChI is InChI=1S/C15H14N4O2S/c1-2-8-19-14(21)11-6-4-3-5-10(11)12(18-19)13(20)17-15-16-7-9-22-15/h3-7,9H,2,8H2,1H3,(H,16,17,20). The first-order valence-electron chi connectivity index (χ1n) is 6.91. The Morgan fingerprint density at radius 1 is 1.32 bits per heavy atom. The molecule has 3 aromatic rings. The Balaban J connectivity index is 2.13. The summed E-state index contributed by atoms with van der Waals surface area (Å²) in [5.41, 5.74) is 0.0575. The Morgan fingerprint density at radius 3 is 2.77 bits per heavy atom. The van der Waals surface area contributed by atoms with Crippen molar-refractivity contribution in [1.82, 2.24) is 14.8 Å². The first-order chi connectivity index (χ1) is 10.7. The van der Waals surface area contributed by atoms with Gasteiger partial charge in [0.05, 0.1) is 5.39 Å². The Bertz CT molecular complexity index is 871. The van der Waals surface area contributed by atoms with Crippen molar-refractivity contribution < 1.29 is 4.79 Å². The summed E-state index contributed by atoms with van der Waals surface area (Å²) in [6.07, 6.45) is 2.38. The molecule has 0 fully saturated rings. The fourth-order valence-corrected chi connectivity index (χ4v) is 2.73. The van der Waals surface area contributed by atoms with Crippen molar-refractivity contribution in [3.05, 3.63) is 51.9 Å². The van der Waals surface area contributed by atoms with Crippen molar-refractivity contribution in [2.24, 2.45) is 0 Å². The van der Waals surface area contributed by atoms with Crippen LogP contribution in [0.3, 0.4) is 0 Å². The van der Waals surface area contributed by atoms with Crippen molar-refractivity contribution in [3.63, 3.8) is 0 Å². The van der Waals surface area contributed by atoms with E-state index < -0.39 is 0 Å². The SMILES string of the molecule is CCCn1nc(C(=O)Nc2nccs2)c2ccccc2c1=O. The molecule has 112 valence electrons. The maximum Gasteiger partial charge on any atom is 0.278 e. The summed E-state index contributed by atoms with van der Waals surface area (Å²) in [7, 11) is 0. The van der Waals surface area contributed by atoms with Crippen LogP contribution in [0.2, 0.25) is 0 Å². The zero-order valence-electron chi connectivity index (χ0n) is 11.9. The van der Waals surface area contributed by atoms with E-state index in [2.05, 4.69) is 15.4 Å². The van der Waals surface area contributed by atoms with E-state index in [1.54, 1.807) is 35.8 Å². The minimum Gasteiger partial charge on any atom is -0.296 e. The molecule has 3 rings (SSSR count). The van der Waals surface area contributed by atoms with Gasteiger partial charge < -0.3 is 0 Å². The van der Waals surface area contributed by atoms with Gasteiger partial charge in [-0.1, -0.05) is 25.1 Å². The highest BCUT2D eigenvalue weighted by Crippen LogP contribution is 2.16. The number of amides is 1. The molecule has 1 aromatic carbocycles. The molecule has 0 aliphatic heterocycles. The van der Waals surface area contributed by atoms with Gasteiger partial charge in [0.1, 0.15) is 0 Å². The number of carbonyl (C=O) groups excluding carboxylic acids is 1. The summed E-state index contributed by atoms with van der Waals surface area (Å²) >= 11 is 1.33. The molecule has 0 radical (unpaired) electrons. The van der Waals surface area contributed by atoms with Crippen molar-refractivity contribution >= 4 is 33.1 Å². The summed E-state index contributed by atoms with van der Waals surface area (Å²) in [6, 6.07) is 7.01. The number of thiazole rings is 1. The van der Waals surface area contributed by atoms with Gasteiger partial charge >= 0.3 is 0 Å². The molecule has 0 saturated heterocycles. The maximum absolute atomic E-state index is 12.5. The highest BCUT2D eigenvalue weighted by atomic mass is 32.1.